The average molecular weight is 431 g/mol. The molecule has 0 aliphatic rings. The van der Waals surface area contributed by atoms with Crippen molar-refractivity contribution in [3.05, 3.63) is 96.1 Å². The second kappa shape index (κ2) is 8.57. The third kappa shape index (κ3) is 4.47. The Hall–Kier alpha value is -2.34. The predicted octanol–water partition coefficient (Wildman–Crippen LogP) is 7.43. The van der Waals surface area contributed by atoms with Gasteiger partial charge in [-0.05, 0) is 32.7 Å². The zero-order valence-corrected chi connectivity index (χ0v) is 18.1. The van der Waals surface area contributed by atoms with E-state index in [0.29, 0.717) is 0 Å². The Balaban J connectivity index is 1.20. The van der Waals surface area contributed by atoms with Crippen LogP contribution in [0.3, 0.4) is 0 Å². The van der Waals surface area contributed by atoms with Gasteiger partial charge in [0.2, 0.25) is 0 Å². The summed E-state index contributed by atoms with van der Waals surface area (Å²) in [7, 11) is 0. The smallest absolute Gasteiger partial charge is 0.131 e. The van der Waals surface area contributed by atoms with Crippen LogP contribution in [0.15, 0.2) is 93.6 Å². The van der Waals surface area contributed by atoms with Crippen molar-refractivity contribution in [2.75, 3.05) is 0 Å². The SMILES string of the molecule is c1ccc2cc(CSc3nnc(SCc4ccc5ccccc5c4)s3)ccc2c1. The van der Waals surface area contributed by atoms with Crippen molar-refractivity contribution in [2.24, 2.45) is 0 Å². The maximum absolute atomic E-state index is 4.37. The molecule has 2 nitrogen and oxygen atoms in total. The van der Waals surface area contributed by atoms with Gasteiger partial charge in [0.05, 0.1) is 0 Å². The molecule has 142 valence electrons. The fourth-order valence-corrected chi connectivity index (χ4v) is 6.17. The molecule has 0 N–H and O–H groups in total. The van der Waals surface area contributed by atoms with E-state index in [9.17, 15) is 0 Å². The van der Waals surface area contributed by atoms with E-state index in [-0.39, 0.29) is 0 Å². The molecule has 29 heavy (non-hydrogen) atoms. The standard InChI is InChI=1S/C24H18N2S3/c1-3-7-21-13-17(9-11-19(21)5-1)15-27-23-25-26-24(29-23)28-16-18-10-12-20-6-2-4-8-22(20)14-18/h1-14H,15-16H2. The zero-order chi connectivity index (χ0) is 19.5. The van der Waals surface area contributed by atoms with Crippen molar-refractivity contribution < 1.29 is 0 Å². The Labute approximate surface area is 182 Å². The molecule has 5 rings (SSSR count). The number of thioether (sulfide) groups is 2. The van der Waals surface area contributed by atoms with Gasteiger partial charge in [0, 0.05) is 11.5 Å². The minimum Gasteiger partial charge on any atom is -0.131 e. The minimum atomic E-state index is 0.912. The van der Waals surface area contributed by atoms with E-state index < -0.39 is 0 Å². The lowest BCUT2D eigenvalue weighted by Crippen LogP contribution is -1.82. The monoisotopic (exact) mass is 430 g/mol. The van der Waals surface area contributed by atoms with Crippen LogP contribution in [-0.4, -0.2) is 10.2 Å². The lowest BCUT2D eigenvalue weighted by atomic mass is 10.1. The maximum Gasteiger partial charge on any atom is 0.175 e. The van der Waals surface area contributed by atoms with Crippen LogP contribution in [-0.2, 0) is 11.5 Å². The number of rotatable bonds is 6. The minimum absolute atomic E-state index is 0.912. The van der Waals surface area contributed by atoms with Crippen molar-refractivity contribution in [1.82, 2.24) is 10.2 Å². The average Bonchev–Trinajstić information content (AvgIpc) is 3.24. The Morgan fingerprint density at radius 1 is 0.552 bits per heavy atom. The predicted molar refractivity (Wildman–Crippen MR) is 127 cm³/mol. The van der Waals surface area contributed by atoms with E-state index in [1.165, 1.54) is 32.7 Å². The Morgan fingerprint density at radius 3 is 1.48 bits per heavy atom. The molecule has 4 aromatic carbocycles. The lowest BCUT2D eigenvalue weighted by molar-refractivity contribution is 0.954. The van der Waals surface area contributed by atoms with Gasteiger partial charge < -0.3 is 0 Å². The highest BCUT2D eigenvalue weighted by Crippen LogP contribution is 2.33. The maximum atomic E-state index is 4.37. The van der Waals surface area contributed by atoms with Gasteiger partial charge in [0.1, 0.15) is 0 Å². The van der Waals surface area contributed by atoms with Gasteiger partial charge in [-0.2, -0.15) is 0 Å². The fourth-order valence-electron chi connectivity index (χ4n) is 3.26. The zero-order valence-electron chi connectivity index (χ0n) is 15.6. The summed E-state index contributed by atoms with van der Waals surface area (Å²) in [5, 5.41) is 13.9. The van der Waals surface area contributed by atoms with Crippen LogP contribution >= 0.6 is 34.9 Å². The molecule has 0 atom stereocenters. The molecule has 0 saturated carbocycles. The summed E-state index contributed by atoms with van der Waals surface area (Å²) in [6.07, 6.45) is 0. The summed E-state index contributed by atoms with van der Waals surface area (Å²) >= 11 is 5.20. The van der Waals surface area contributed by atoms with E-state index in [2.05, 4.69) is 95.1 Å². The van der Waals surface area contributed by atoms with Crippen molar-refractivity contribution in [3.8, 4) is 0 Å². The summed E-state index contributed by atoms with van der Waals surface area (Å²) in [5.41, 5.74) is 2.63. The lowest BCUT2D eigenvalue weighted by Gasteiger charge is -2.02. The molecule has 1 aromatic heterocycles. The molecule has 0 bridgehead atoms. The van der Waals surface area contributed by atoms with Crippen molar-refractivity contribution in [1.29, 1.82) is 0 Å². The molecule has 0 fully saturated rings. The van der Waals surface area contributed by atoms with Crippen LogP contribution in [0.2, 0.25) is 0 Å². The highest BCUT2D eigenvalue weighted by Gasteiger charge is 2.07. The molecule has 0 aliphatic heterocycles. The molecular formula is C24H18N2S3. The first-order valence-corrected chi connectivity index (χ1v) is 12.2. The molecule has 0 spiro atoms. The molecule has 1 heterocycles. The van der Waals surface area contributed by atoms with Crippen LogP contribution in [0, 0.1) is 0 Å². The molecule has 5 heteroatoms. The van der Waals surface area contributed by atoms with Crippen LogP contribution in [0.1, 0.15) is 11.1 Å². The summed E-state index contributed by atoms with van der Waals surface area (Å²) in [6.45, 7) is 0. The van der Waals surface area contributed by atoms with Gasteiger partial charge in [-0.1, -0.05) is 120 Å². The normalized spacial score (nSPS) is 11.3. The number of fused-ring (bicyclic) bond motifs is 2. The molecular weight excluding hydrogens is 412 g/mol. The molecule has 0 unspecified atom stereocenters. The van der Waals surface area contributed by atoms with E-state index in [4.69, 9.17) is 0 Å². The van der Waals surface area contributed by atoms with Crippen molar-refractivity contribution >= 4 is 56.4 Å². The Bertz CT molecular complexity index is 1180. The van der Waals surface area contributed by atoms with Gasteiger partial charge in [-0.25, -0.2) is 0 Å². The highest BCUT2D eigenvalue weighted by atomic mass is 32.2. The largest absolute Gasteiger partial charge is 0.175 e. The number of hydrogen-bond acceptors (Lipinski definition) is 5. The van der Waals surface area contributed by atoms with E-state index in [1.54, 1.807) is 34.9 Å². The number of benzene rings is 4. The number of nitrogens with zero attached hydrogens (tertiary/aromatic N) is 2. The fraction of sp³-hybridized carbons (Fsp3) is 0.0833. The van der Waals surface area contributed by atoms with Crippen LogP contribution < -0.4 is 0 Å². The molecule has 0 amide bonds. The van der Waals surface area contributed by atoms with Gasteiger partial charge in [-0.15, -0.1) is 10.2 Å². The Kier molecular flexibility index (Phi) is 5.52. The number of hydrogen-bond donors (Lipinski definition) is 0. The van der Waals surface area contributed by atoms with E-state index in [0.717, 1.165) is 20.2 Å². The van der Waals surface area contributed by atoms with Crippen LogP contribution in [0.4, 0.5) is 0 Å². The van der Waals surface area contributed by atoms with Gasteiger partial charge in [0.25, 0.3) is 0 Å². The highest BCUT2D eigenvalue weighted by molar-refractivity contribution is 8.02. The van der Waals surface area contributed by atoms with Gasteiger partial charge in [0.15, 0.2) is 8.68 Å². The van der Waals surface area contributed by atoms with E-state index in [1.807, 2.05) is 0 Å². The summed E-state index contributed by atoms with van der Waals surface area (Å²) in [6, 6.07) is 30.3. The third-order valence-electron chi connectivity index (χ3n) is 4.74. The first kappa shape index (κ1) is 18.7. The summed E-state index contributed by atoms with van der Waals surface area (Å²) in [5.74, 6) is 1.82. The molecule has 0 saturated heterocycles. The first-order chi connectivity index (χ1) is 14.3. The third-order valence-corrected chi connectivity index (χ3v) is 8.07. The molecule has 0 aliphatic carbocycles. The summed E-state index contributed by atoms with van der Waals surface area (Å²) < 4.78 is 2.05. The summed E-state index contributed by atoms with van der Waals surface area (Å²) in [4.78, 5) is 0. The second-order valence-corrected chi connectivity index (χ2v) is 10.2. The van der Waals surface area contributed by atoms with Crippen molar-refractivity contribution in [2.45, 2.75) is 20.2 Å². The van der Waals surface area contributed by atoms with E-state index >= 15 is 0 Å². The van der Waals surface area contributed by atoms with Crippen LogP contribution in [0.25, 0.3) is 21.5 Å². The van der Waals surface area contributed by atoms with Crippen LogP contribution in [0.5, 0.6) is 0 Å². The second-order valence-electron chi connectivity index (χ2n) is 6.77. The molecule has 0 radical (unpaired) electrons. The van der Waals surface area contributed by atoms with Gasteiger partial charge in [-0.3, -0.25) is 0 Å². The van der Waals surface area contributed by atoms with Gasteiger partial charge >= 0.3 is 0 Å². The first-order valence-electron chi connectivity index (χ1n) is 9.38. The quantitative estimate of drug-likeness (QED) is 0.262. The van der Waals surface area contributed by atoms with Crippen molar-refractivity contribution in [3.63, 3.8) is 0 Å². The topological polar surface area (TPSA) is 25.8 Å². The molecule has 5 aromatic rings. The number of aromatic nitrogens is 2. The Morgan fingerprint density at radius 2 is 1.00 bits per heavy atom.